The highest BCUT2D eigenvalue weighted by atomic mass is 35.5. The van der Waals surface area contributed by atoms with Gasteiger partial charge in [0.05, 0.1) is 12.1 Å². The molecule has 0 saturated heterocycles. The highest BCUT2D eigenvalue weighted by molar-refractivity contribution is 6.32. The number of aromatic hydroxyl groups is 1. The van der Waals surface area contributed by atoms with Gasteiger partial charge in [0.1, 0.15) is 11.6 Å². The van der Waals surface area contributed by atoms with E-state index in [1.807, 2.05) is 31.2 Å². The molecule has 0 aliphatic heterocycles. The minimum Gasteiger partial charge on any atom is -0.503 e. The number of carbonyl (C=O) groups excluding carboxylic acids is 1. The number of aryl methyl sites for hydroxylation is 1. The first-order valence-corrected chi connectivity index (χ1v) is 8.13. The summed E-state index contributed by atoms with van der Waals surface area (Å²) in [5, 5.41) is 20.2. The molecule has 0 spiro atoms. The Bertz CT molecular complexity index is 1090. The van der Waals surface area contributed by atoms with Crippen molar-refractivity contribution >= 4 is 34.4 Å². The number of nitrogens with one attached hydrogen (secondary N) is 1. The van der Waals surface area contributed by atoms with Crippen molar-refractivity contribution in [3.63, 3.8) is 0 Å². The first kappa shape index (κ1) is 17.6. The fourth-order valence-corrected chi connectivity index (χ4v) is 3.06. The van der Waals surface area contributed by atoms with Gasteiger partial charge in [0.25, 0.3) is 0 Å². The molecule has 3 aromatic rings. The lowest BCUT2D eigenvalue weighted by Gasteiger charge is -2.07. The van der Waals surface area contributed by atoms with E-state index >= 15 is 0 Å². The zero-order chi connectivity index (χ0) is 18.8. The number of aromatic amines is 1. The standard InChI is InChI=1S/C20H15ClN2O3/c1-11-4-3-5-16-18(11)14(10-23-16)19(24)13(9-22)6-12-7-15(21)20(25)17(8-12)26-2/h3-8,10,23,25H,1-2H3. The Balaban J connectivity index is 2.09. The van der Waals surface area contributed by atoms with E-state index in [0.29, 0.717) is 11.1 Å². The van der Waals surface area contributed by atoms with Crippen LogP contribution < -0.4 is 4.74 Å². The zero-order valence-electron chi connectivity index (χ0n) is 14.1. The number of Topliss-reactive ketones (excluding diaryl/α,β-unsaturated/α-hetero) is 1. The minimum absolute atomic E-state index is 0.0436. The van der Waals surface area contributed by atoms with Gasteiger partial charge in [0.15, 0.2) is 11.5 Å². The van der Waals surface area contributed by atoms with Crippen LogP contribution >= 0.6 is 11.6 Å². The van der Waals surface area contributed by atoms with Gasteiger partial charge in [0.2, 0.25) is 5.78 Å². The molecule has 2 aromatic carbocycles. The van der Waals surface area contributed by atoms with E-state index in [9.17, 15) is 15.2 Å². The molecule has 3 rings (SSSR count). The van der Waals surface area contributed by atoms with Crippen LogP contribution in [0.5, 0.6) is 11.5 Å². The maximum Gasteiger partial charge on any atom is 0.205 e. The fraction of sp³-hybridized carbons (Fsp3) is 0.100. The van der Waals surface area contributed by atoms with Crippen LogP contribution in [0, 0.1) is 18.3 Å². The van der Waals surface area contributed by atoms with Crippen molar-refractivity contribution in [3.05, 3.63) is 63.8 Å². The molecule has 0 amide bonds. The highest BCUT2D eigenvalue weighted by Crippen LogP contribution is 2.35. The molecule has 130 valence electrons. The second-order valence-corrected chi connectivity index (χ2v) is 6.16. The molecular formula is C20H15ClN2O3. The largest absolute Gasteiger partial charge is 0.503 e. The Kier molecular flexibility index (Phi) is 4.70. The van der Waals surface area contributed by atoms with Crippen LogP contribution in [0.25, 0.3) is 17.0 Å². The molecule has 0 atom stereocenters. The number of methoxy groups -OCH3 is 1. The van der Waals surface area contributed by atoms with Crippen molar-refractivity contribution < 1.29 is 14.6 Å². The molecule has 0 saturated carbocycles. The average Bonchev–Trinajstić information content (AvgIpc) is 3.07. The number of nitriles is 1. The predicted molar refractivity (Wildman–Crippen MR) is 101 cm³/mol. The number of hydrogen-bond donors (Lipinski definition) is 2. The van der Waals surface area contributed by atoms with E-state index in [2.05, 4.69) is 4.98 Å². The van der Waals surface area contributed by atoms with Gasteiger partial charge in [-0.2, -0.15) is 5.26 Å². The van der Waals surface area contributed by atoms with E-state index in [1.54, 1.807) is 6.20 Å². The summed E-state index contributed by atoms with van der Waals surface area (Å²) in [6.45, 7) is 1.91. The Hall–Kier alpha value is -3.23. The van der Waals surface area contributed by atoms with Gasteiger partial charge in [-0.25, -0.2) is 0 Å². The van der Waals surface area contributed by atoms with E-state index in [0.717, 1.165) is 16.5 Å². The number of hydrogen-bond acceptors (Lipinski definition) is 4. The van der Waals surface area contributed by atoms with Crippen LogP contribution in [0.3, 0.4) is 0 Å². The number of ether oxygens (including phenoxy) is 1. The Morgan fingerprint density at radius 2 is 2.15 bits per heavy atom. The van der Waals surface area contributed by atoms with Gasteiger partial charge in [-0.05, 0) is 42.3 Å². The third kappa shape index (κ3) is 3.03. The summed E-state index contributed by atoms with van der Waals surface area (Å²) in [6.07, 6.45) is 3.03. The van der Waals surface area contributed by atoms with Crippen molar-refractivity contribution in [3.8, 4) is 17.6 Å². The number of halogens is 1. The van der Waals surface area contributed by atoms with E-state index in [4.69, 9.17) is 16.3 Å². The first-order chi connectivity index (χ1) is 12.5. The topological polar surface area (TPSA) is 86.1 Å². The van der Waals surface area contributed by atoms with Crippen molar-refractivity contribution in [2.45, 2.75) is 6.92 Å². The molecule has 1 heterocycles. The molecule has 2 N–H and O–H groups in total. The number of rotatable bonds is 4. The Morgan fingerprint density at radius 1 is 1.38 bits per heavy atom. The number of carbonyl (C=O) groups is 1. The van der Waals surface area contributed by atoms with Gasteiger partial charge >= 0.3 is 0 Å². The summed E-state index contributed by atoms with van der Waals surface area (Å²) >= 11 is 5.97. The summed E-state index contributed by atoms with van der Waals surface area (Å²) in [4.78, 5) is 15.9. The molecule has 0 radical (unpaired) electrons. The lowest BCUT2D eigenvalue weighted by molar-refractivity contribution is 0.104. The molecule has 0 aliphatic rings. The fourth-order valence-electron chi connectivity index (χ4n) is 2.84. The van der Waals surface area contributed by atoms with Crippen LogP contribution in [-0.4, -0.2) is 23.0 Å². The average molecular weight is 367 g/mol. The second-order valence-electron chi connectivity index (χ2n) is 5.75. The lowest BCUT2D eigenvalue weighted by atomic mass is 9.99. The van der Waals surface area contributed by atoms with Crippen LogP contribution in [0.1, 0.15) is 21.5 Å². The van der Waals surface area contributed by atoms with E-state index in [-0.39, 0.29) is 22.1 Å². The molecule has 26 heavy (non-hydrogen) atoms. The Labute approximate surface area is 155 Å². The van der Waals surface area contributed by atoms with Gasteiger partial charge in [0, 0.05) is 22.7 Å². The predicted octanol–water partition coefficient (Wildman–Crippen LogP) is 4.63. The van der Waals surface area contributed by atoms with Crippen molar-refractivity contribution in [2.24, 2.45) is 0 Å². The van der Waals surface area contributed by atoms with Gasteiger partial charge < -0.3 is 14.8 Å². The van der Waals surface area contributed by atoms with E-state index in [1.165, 1.54) is 25.3 Å². The number of ketones is 1. The number of benzene rings is 2. The number of phenols is 1. The zero-order valence-corrected chi connectivity index (χ0v) is 14.9. The molecule has 0 bridgehead atoms. The van der Waals surface area contributed by atoms with Crippen LogP contribution in [-0.2, 0) is 0 Å². The summed E-state index contributed by atoms with van der Waals surface area (Å²) in [6, 6.07) is 10.6. The maximum atomic E-state index is 12.9. The van der Waals surface area contributed by atoms with E-state index < -0.39 is 5.78 Å². The highest BCUT2D eigenvalue weighted by Gasteiger charge is 2.18. The van der Waals surface area contributed by atoms with Crippen molar-refractivity contribution in [1.29, 1.82) is 5.26 Å². The van der Waals surface area contributed by atoms with Crippen molar-refractivity contribution in [2.75, 3.05) is 7.11 Å². The number of fused-ring (bicyclic) bond motifs is 1. The Morgan fingerprint density at radius 3 is 2.85 bits per heavy atom. The van der Waals surface area contributed by atoms with Gasteiger partial charge in [-0.3, -0.25) is 4.79 Å². The quantitative estimate of drug-likeness (QED) is 0.400. The van der Waals surface area contributed by atoms with Gasteiger partial charge in [-0.1, -0.05) is 23.7 Å². The molecule has 0 aliphatic carbocycles. The number of H-pyrrole nitrogens is 1. The third-order valence-corrected chi connectivity index (χ3v) is 4.39. The number of aromatic nitrogens is 1. The van der Waals surface area contributed by atoms with Crippen LogP contribution in [0.15, 0.2) is 42.1 Å². The smallest absolute Gasteiger partial charge is 0.205 e. The molecule has 1 aromatic heterocycles. The summed E-state index contributed by atoms with van der Waals surface area (Å²) < 4.78 is 5.05. The van der Waals surface area contributed by atoms with Crippen LogP contribution in [0.4, 0.5) is 0 Å². The summed E-state index contributed by atoms with van der Waals surface area (Å²) in [5.41, 5.74) is 2.64. The second kappa shape index (κ2) is 6.95. The van der Waals surface area contributed by atoms with Gasteiger partial charge in [-0.15, -0.1) is 0 Å². The maximum absolute atomic E-state index is 12.9. The minimum atomic E-state index is -0.392. The number of nitrogens with zero attached hydrogens (tertiary/aromatic N) is 1. The van der Waals surface area contributed by atoms with Crippen LogP contribution in [0.2, 0.25) is 5.02 Å². The monoisotopic (exact) mass is 366 g/mol. The van der Waals surface area contributed by atoms with Crippen molar-refractivity contribution in [1.82, 2.24) is 4.98 Å². The third-order valence-electron chi connectivity index (χ3n) is 4.11. The normalized spacial score (nSPS) is 11.4. The molecule has 6 heteroatoms. The number of allylic oxidation sites excluding steroid dienone is 1. The molecular weight excluding hydrogens is 352 g/mol. The molecule has 0 fully saturated rings. The summed E-state index contributed by atoms with van der Waals surface area (Å²) in [7, 11) is 1.39. The molecule has 5 nitrogen and oxygen atoms in total. The molecule has 0 unspecified atom stereocenters. The number of phenolic OH excluding ortho intramolecular Hbond substituents is 1. The lowest BCUT2D eigenvalue weighted by Crippen LogP contribution is -2.01. The summed E-state index contributed by atoms with van der Waals surface area (Å²) in [5.74, 6) is -0.420. The SMILES string of the molecule is COc1cc(C=C(C#N)C(=O)c2c[nH]c3cccc(C)c23)cc(Cl)c1O. The first-order valence-electron chi connectivity index (χ1n) is 7.76.